The van der Waals surface area contributed by atoms with E-state index >= 15 is 0 Å². The van der Waals surface area contributed by atoms with E-state index in [1.54, 1.807) is 62.6 Å². The molecular formula is C34H43N3O5S. The van der Waals surface area contributed by atoms with Gasteiger partial charge in [-0.05, 0) is 87.6 Å². The average Bonchev–Trinajstić information content (AvgIpc) is 3.00. The maximum atomic E-state index is 14.2. The van der Waals surface area contributed by atoms with Gasteiger partial charge < -0.3 is 15.0 Å². The number of nitrogens with one attached hydrogen (secondary N) is 1. The second-order valence-corrected chi connectivity index (χ2v) is 13.3. The first-order valence-corrected chi connectivity index (χ1v) is 16.3. The summed E-state index contributed by atoms with van der Waals surface area (Å²) in [6.07, 6.45) is 5.12. The Balaban J connectivity index is 1.70. The van der Waals surface area contributed by atoms with E-state index in [1.807, 2.05) is 39.0 Å². The minimum absolute atomic E-state index is 0.0787. The van der Waals surface area contributed by atoms with E-state index in [0.717, 1.165) is 54.4 Å². The Morgan fingerprint density at radius 1 is 0.930 bits per heavy atom. The zero-order chi connectivity index (χ0) is 31.1. The summed E-state index contributed by atoms with van der Waals surface area (Å²) in [5, 5.41) is 3.14. The molecule has 0 aliphatic heterocycles. The molecule has 230 valence electrons. The molecular weight excluding hydrogens is 562 g/mol. The normalized spacial score (nSPS) is 14.5. The standard InChI is InChI=1S/C34H43N3O5S/c1-24-14-20-31(21-15-24)43(40,41)37(32-13-9-10-25(2)26(32)3)23-33(38)36(22-28-16-18-30(42-5)19-17-28)27(4)34(39)35-29-11-7-6-8-12-29/h9-10,13-21,27,29H,6-8,11-12,22-23H2,1-5H3,(H,35,39)/t27-/m0/s1. The number of methoxy groups -OCH3 is 1. The quantitative estimate of drug-likeness (QED) is 0.303. The molecule has 1 aliphatic carbocycles. The topological polar surface area (TPSA) is 96.0 Å². The Morgan fingerprint density at radius 3 is 2.21 bits per heavy atom. The number of benzene rings is 3. The van der Waals surface area contributed by atoms with E-state index in [2.05, 4.69) is 5.32 Å². The number of hydrogen-bond acceptors (Lipinski definition) is 5. The zero-order valence-corrected chi connectivity index (χ0v) is 26.6. The maximum absolute atomic E-state index is 14.2. The Bertz CT molecular complexity index is 1510. The van der Waals surface area contributed by atoms with Gasteiger partial charge >= 0.3 is 0 Å². The highest BCUT2D eigenvalue weighted by Gasteiger charge is 2.34. The van der Waals surface area contributed by atoms with Gasteiger partial charge in [0, 0.05) is 12.6 Å². The first-order valence-electron chi connectivity index (χ1n) is 14.9. The molecule has 1 aliphatic rings. The molecule has 3 aromatic carbocycles. The number of amides is 2. The Hall–Kier alpha value is -3.85. The molecule has 3 aromatic rings. The lowest BCUT2D eigenvalue weighted by Gasteiger charge is -2.33. The number of nitrogens with zero attached hydrogens (tertiary/aromatic N) is 2. The lowest BCUT2D eigenvalue weighted by Crippen LogP contribution is -2.53. The first-order chi connectivity index (χ1) is 20.5. The molecule has 4 rings (SSSR count). The molecule has 1 fully saturated rings. The molecule has 8 nitrogen and oxygen atoms in total. The predicted molar refractivity (Wildman–Crippen MR) is 170 cm³/mol. The van der Waals surface area contributed by atoms with Crippen LogP contribution in [0.2, 0.25) is 0 Å². The van der Waals surface area contributed by atoms with Gasteiger partial charge in [-0.1, -0.05) is 61.2 Å². The van der Waals surface area contributed by atoms with Gasteiger partial charge in [0.15, 0.2) is 0 Å². The van der Waals surface area contributed by atoms with Crippen LogP contribution in [0.25, 0.3) is 0 Å². The summed E-state index contributed by atoms with van der Waals surface area (Å²) in [6, 6.07) is 18.6. The van der Waals surface area contributed by atoms with Gasteiger partial charge in [0.1, 0.15) is 18.3 Å². The Labute approximate surface area is 256 Å². The molecule has 2 amide bonds. The van der Waals surface area contributed by atoms with Gasteiger partial charge in [-0.15, -0.1) is 0 Å². The number of ether oxygens (including phenoxy) is 1. The highest BCUT2D eigenvalue weighted by atomic mass is 32.2. The van der Waals surface area contributed by atoms with Crippen LogP contribution in [0.4, 0.5) is 5.69 Å². The smallest absolute Gasteiger partial charge is 0.264 e. The number of carbonyl (C=O) groups excluding carboxylic acids is 2. The van der Waals surface area contributed by atoms with Crippen LogP contribution < -0.4 is 14.4 Å². The fraction of sp³-hybridized carbons (Fsp3) is 0.412. The van der Waals surface area contributed by atoms with Gasteiger partial charge in [-0.3, -0.25) is 13.9 Å². The number of sulfonamides is 1. The molecule has 0 spiro atoms. The summed E-state index contributed by atoms with van der Waals surface area (Å²) in [6.45, 7) is 7.02. The summed E-state index contributed by atoms with van der Waals surface area (Å²) in [7, 11) is -2.54. The molecule has 9 heteroatoms. The van der Waals surface area contributed by atoms with Crippen molar-refractivity contribution in [3.05, 3.63) is 89.0 Å². The summed E-state index contributed by atoms with van der Waals surface area (Å²) in [5.41, 5.74) is 3.82. The third-order valence-corrected chi connectivity index (χ3v) is 10.1. The fourth-order valence-corrected chi connectivity index (χ4v) is 6.91. The summed E-state index contributed by atoms with van der Waals surface area (Å²) in [5.74, 6) is -0.0397. The number of anilines is 1. The van der Waals surface area contributed by atoms with Crippen molar-refractivity contribution >= 4 is 27.5 Å². The highest BCUT2D eigenvalue weighted by Crippen LogP contribution is 2.29. The molecule has 0 unspecified atom stereocenters. The monoisotopic (exact) mass is 605 g/mol. The van der Waals surface area contributed by atoms with Crippen LogP contribution in [0, 0.1) is 20.8 Å². The van der Waals surface area contributed by atoms with Gasteiger partial charge in [0.25, 0.3) is 10.0 Å². The number of aryl methyl sites for hydroxylation is 2. The largest absolute Gasteiger partial charge is 0.497 e. The maximum Gasteiger partial charge on any atom is 0.264 e. The summed E-state index contributed by atoms with van der Waals surface area (Å²) >= 11 is 0. The SMILES string of the molecule is COc1ccc(CN(C(=O)CN(c2cccc(C)c2C)S(=O)(=O)c2ccc(C)cc2)[C@@H](C)C(=O)NC2CCCCC2)cc1. The molecule has 0 heterocycles. The number of rotatable bonds is 11. The van der Waals surface area contributed by atoms with Crippen LogP contribution in [0.1, 0.15) is 61.3 Å². The minimum Gasteiger partial charge on any atom is -0.497 e. The van der Waals surface area contributed by atoms with Crippen molar-refractivity contribution in [3.8, 4) is 5.75 Å². The van der Waals surface area contributed by atoms with Crippen molar-refractivity contribution in [2.45, 2.75) is 83.3 Å². The van der Waals surface area contributed by atoms with Crippen LogP contribution in [0.5, 0.6) is 5.75 Å². The molecule has 1 N–H and O–H groups in total. The second-order valence-electron chi connectivity index (χ2n) is 11.4. The van der Waals surface area contributed by atoms with E-state index in [1.165, 1.54) is 9.21 Å². The van der Waals surface area contributed by atoms with Gasteiger partial charge in [-0.2, -0.15) is 0 Å². The lowest BCUT2D eigenvalue weighted by atomic mass is 9.95. The predicted octanol–water partition coefficient (Wildman–Crippen LogP) is 5.68. The summed E-state index contributed by atoms with van der Waals surface area (Å²) in [4.78, 5) is 29.3. The van der Waals surface area contributed by atoms with Crippen LogP contribution in [-0.4, -0.2) is 50.9 Å². The van der Waals surface area contributed by atoms with Crippen molar-refractivity contribution in [2.24, 2.45) is 0 Å². The fourth-order valence-electron chi connectivity index (χ4n) is 5.44. The number of hydrogen-bond donors (Lipinski definition) is 1. The molecule has 1 atom stereocenters. The summed E-state index contributed by atoms with van der Waals surface area (Å²) < 4.78 is 34.7. The average molecular weight is 606 g/mol. The van der Waals surface area contributed by atoms with E-state index in [9.17, 15) is 18.0 Å². The van der Waals surface area contributed by atoms with Crippen molar-refractivity contribution in [3.63, 3.8) is 0 Å². The van der Waals surface area contributed by atoms with Gasteiger partial charge in [0.2, 0.25) is 11.8 Å². The Morgan fingerprint density at radius 2 is 1.58 bits per heavy atom. The van der Waals surface area contributed by atoms with Crippen LogP contribution in [0.3, 0.4) is 0 Å². The van der Waals surface area contributed by atoms with E-state index in [4.69, 9.17) is 4.74 Å². The molecule has 1 saturated carbocycles. The van der Waals surface area contributed by atoms with Crippen molar-refractivity contribution in [2.75, 3.05) is 18.0 Å². The molecule has 0 radical (unpaired) electrons. The molecule has 43 heavy (non-hydrogen) atoms. The van der Waals surface area contributed by atoms with Gasteiger partial charge in [0.05, 0.1) is 17.7 Å². The third kappa shape index (κ3) is 7.76. The molecule has 0 bridgehead atoms. The third-order valence-electron chi connectivity index (χ3n) is 8.36. The first kappa shape index (κ1) is 32.1. The minimum atomic E-state index is -4.12. The highest BCUT2D eigenvalue weighted by molar-refractivity contribution is 7.92. The van der Waals surface area contributed by atoms with Crippen LogP contribution >= 0.6 is 0 Å². The van der Waals surface area contributed by atoms with E-state index < -0.39 is 28.5 Å². The van der Waals surface area contributed by atoms with Crippen molar-refractivity contribution in [1.82, 2.24) is 10.2 Å². The van der Waals surface area contributed by atoms with E-state index in [0.29, 0.717) is 11.4 Å². The van der Waals surface area contributed by atoms with Crippen LogP contribution in [0.15, 0.2) is 71.6 Å². The molecule has 0 aromatic heterocycles. The second kappa shape index (κ2) is 14.1. The van der Waals surface area contributed by atoms with Gasteiger partial charge in [-0.25, -0.2) is 8.42 Å². The lowest BCUT2D eigenvalue weighted by molar-refractivity contribution is -0.139. The van der Waals surface area contributed by atoms with E-state index in [-0.39, 0.29) is 23.4 Å². The Kier molecular flexibility index (Phi) is 10.5. The van der Waals surface area contributed by atoms with Crippen molar-refractivity contribution in [1.29, 1.82) is 0 Å². The van der Waals surface area contributed by atoms with Crippen molar-refractivity contribution < 1.29 is 22.7 Å². The van der Waals surface area contributed by atoms with Crippen LogP contribution in [-0.2, 0) is 26.2 Å². The zero-order valence-electron chi connectivity index (χ0n) is 25.8. The molecule has 0 saturated heterocycles. The number of carbonyl (C=O) groups is 2.